The van der Waals surface area contributed by atoms with Gasteiger partial charge in [-0.25, -0.2) is 9.97 Å². The molecule has 0 aliphatic carbocycles. The van der Waals surface area contributed by atoms with Crippen LogP contribution in [0, 0.1) is 6.92 Å². The number of thiazole rings is 1. The third-order valence-electron chi connectivity index (χ3n) is 4.43. The number of carbonyl (C=O) groups is 2. The van der Waals surface area contributed by atoms with E-state index in [4.69, 9.17) is 4.42 Å². The topological polar surface area (TPSA) is 102 Å². The van der Waals surface area contributed by atoms with Crippen molar-refractivity contribution in [2.75, 3.05) is 5.32 Å². The van der Waals surface area contributed by atoms with E-state index in [1.807, 2.05) is 36.9 Å². The van der Waals surface area contributed by atoms with Crippen LogP contribution in [-0.4, -0.2) is 26.3 Å². The number of nitrogens with zero attached hydrogens (tertiary/aromatic N) is 3. The molecule has 0 aromatic carbocycles. The molecule has 11 heteroatoms. The van der Waals surface area contributed by atoms with Crippen molar-refractivity contribution in [3.8, 4) is 10.6 Å². The molecule has 4 rings (SSSR count). The number of aromatic nitrogens is 3. The van der Waals surface area contributed by atoms with Gasteiger partial charge in [0.15, 0.2) is 16.0 Å². The molecule has 0 aliphatic rings. The molecule has 0 unspecified atom stereocenters. The first-order valence-electron chi connectivity index (χ1n) is 9.70. The highest BCUT2D eigenvalue weighted by atomic mass is 32.2. The van der Waals surface area contributed by atoms with Gasteiger partial charge < -0.3 is 14.3 Å². The van der Waals surface area contributed by atoms with E-state index in [-0.39, 0.29) is 17.6 Å². The lowest BCUT2D eigenvalue weighted by molar-refractivity contribution is -0.119. The van der Waals surface area contributed by atoms with Crippen molar-refractivity contribution in [3.63, 3.8) is 0 Å². The van der Waals surface area contributed by atoms with E-state index < -0.39 is 0 Å². The Bertz CT molecular complexity index is 1250. The smallest absolute Gasteiger partial charge is 0.293 e. The van der Waals surface area contributed by atoms with Crippen molar-refractivity contribution in [3.05, 3.63) is 57.9 Å². The first-order valence-corrected chi connectivity index (χ1v) is 12.3. The van der Waals surface area contributed by atoms with Crippen molar-refractivity contribution in [1.29, 1.82) is 0 Å². The maximum atomic E-state index is 12.6. The lowest BCUT2D eigenvalue weighted by Crippen LogP contribution is -2.17. The number of anilines is 1. The number of amides is 2. The van der Waals surface area contributed by atoms with Crippen LogP contribution < -0.4 is 10.6 Å². The van der Waals surface area contributed by atoms with E-state index in [9.17, 15) is 9.59 Å². The van der Waals surface area contributed by atoms with Crippen LogP contribution in [0.4, 0.5) is 5.13 Å². The summed E-state index contributed by atoms with van der Waals surface area (Å²) in [5.74, 6) is 1.12. The number of thioether (sulfide) groups is 1. The number of furan rings is 1. The molecule has 4 aromatic heterocycles. The van der Waals surface area contributed by atoms with Crippen LogP contribution >= 0.6 is 34.4 Å². The Balaban J connectivity index is 1.38. The molecule has 0 radical (unpaired) electrons. The minimum atomic E-state index is -0.337. The van der Waals surface area contributed by atoms with Crippen LogP contribution in [0.15, 0.2) is 46.2 Å². The molecular weight excluding hydrogens is 466 g/mol. The predicted molar refractivity (Wildman–Crippen MR) is 127 cm³/mol. The summed E-state index contributed by atoms with van der Waals surface area (Å²) in [6.07, 6.45) is 3.63. The highest BCUT2D eigenvalue weighted by Gasteiger charge is 2.17. The molecule has 32 heavy (non-hydrogen) atoms. The Morgan fingerprint density at radius 1 is 1.22 bits per heavy atom. The minimum Gasteiger partial charge on any atom is -0.455 e. The van der Waals surface area contributed by atoms with Gasteiger partial charge in [-0.1, -0.05) is 11.8 Å². The zero-order valence-electron chi connectivity index (χ0n) is 17.7. The average Bonchev–Trinajstić information content (AvgIpc) is 3.52. The Kier molecular flexibility index (Phi) is 6.77. The highest BCUT2D eigenvalue weighted by Crippen LogP contribution is 2.35. The van der Waals surface area contributed by atoms with Gasteiger partial charge in [-0.15, -0.1) is 22.7 Å². The molecule has 8 nitrogen and oxygen atoms in total. The Morgan fingerprint density at radius 2 is 2.06 bits per heavy atom. The first kappa shape index (κ1) is 22.3. The third-order valence-corrected chi connectivity index (χ3v) is 7.49. The van der Waals surface area contributed by atoms with E-state index >= 15 is 0 Å². The molecule has 2 N–H and O–H groups in total. The molecule has 166 valence electrons. The lowest BCUT2D eigenvalue weighted by atomic mass is 10.3. The number of hydrogen-bond acceptors (Lipinski definition) is 8. The standard InChI is InChI=1S/C21H21N5O3S3/c1-12-18(17-7-5-15(32-17)10-23-13(2)27)24-20(31-12)25-19(28)16-6-4-14(29-16)11-30-21-22-8-9-26(21)3/h4-9H,10-11H2,1-3H3,(H,23,27)(H,24,25,28). The van der Waals surface area contributed by atoms with Gasteiger partial charge in [-0.05, 0) is 31.2 Å². The normalized spacial score (nSPS) is 11.0. The van der Waals surface area contributed by atoms with E-state index in [0.717, 1.165) is 25.5 Å². The number of hydrogen-bond donors (Lipinski definition) is 2. The van der Waals surface area contributed by atoms with Crippen LogP contribution in [-0.2, 0) is 24.1 Å². The molecule has 2 amide bonds. The van der Waals surface area contributed by atoms with Crippen molar-refractivity contribution >= 4 is 51.4 Å². The second-order valence-electron chi connectivity index (χ2n) is 6.93. The summed E-state index contributed by atoms with van der Waals surface area (Å²) in [5.41, 5.74) is 0.830. The summed E-state index contributed by atoms with van der Waals surface area (Å²) >= 11 is 4.52. The molecule has 4 heterocycles. The molecule has 4 aromatic rings. The van der Waals surface area contributed by atoms with Crippen molar-refractivity contribution in [2.24, 2.45) is 7.05 Å². The third kappa shape index (κ3) is 5.29. The zero-order valence-corrected chi connectivity index (χ0v) is 20.1. The SMILES string of the molecule is CC(=O)NCc1ccc(-c2nc(NC(=O)c3ccc(CSc4nccn4C)o3)sc2C)s1. The fraction of sp³-hybridized carbons (Fsp3) is 0.238. The van der Waals surface area contributed by atoms with Crippen LogP contribution in [0.5, 0.6) is 0 Å². The largest absolute Gasteiger partial charge is 0.455 e. The van der Waals surface area contributed by atoms with Crippen LogP contribution in [0.1, 0.15) is 33.0 Å². The second kappa shape index (κ2) is 9.72. The fourth-order valence-electron chi connectivity index (χ4n) is 2.85. The molecule has 0 bridgehead atoms. The van der Waals surface area contributed by atoms with Crippen LogP contribution in [0.2, 0.25) is 0 Å². The van der Waals surface area contributed by atoms with Crippen molar-refractivity contribution in [1.82, 2.24) is 19.9 Å². The molecule has 0 spiro atoms. The van der Waals surface area contributed by atoms with Crippen molar-refractivity contribution < 1.29 is 14.0 Å². The van der Waals surface area contributed by atoms with E-state index in [1.165, 1.54) is 30.0 Å². The molecule has 0 saturated carbocycles. The summed E-state index contributed by atoms with van der Waals surface area (Å²) in [6, 6.07) is 7.41. The summed E-state index contributed by atoms with van der Waals surface area (Å²) < 4.78 is 7.63. The van der Waals surface area contributed by atoms with Crippen molar-refractivity contribution in [2.45, 2.75) is 31.3 Å². The Morgan fingerprint density at radius 3 is 2.81 bits per heavy atom. The molecule has 0 saturated heterocycles. The van der Waals surface area contributed by atoms with Gasteiger partial charge >= 0.3 is 0 Å². The Hall–Kier alpha value is -2.89. The molecule has 0 aliphatic heterocycles. The van der Waals surface area contributed by atoms with Crippen LogP contribution in [0.3, 0.4) is 0 Å². The van der Waals surface area contributed by atoms with Crippen LogP contribution in [0.25, 0.3) is 10.6 Å². The number of imidazole rings is 1. The molecular formula is C21H21N5O3S3. The van der Waals surface area contributed by atoms with Gasteiger partial charge in [0, 0.05) is 36.1 Å². The average molecular weight is 488 g/mol. The predicted octanol–water partition coefficient (Wildman–Crippen LogP) is 4.69. The quantitative estimate of drug-likeness (QED) is 0.350. The highest BCUT2D eigenvalue weighted by molar-refractivity contribution is 7.98. The maximum Gasteiger partial charge on any atom is 0.293 e. The number of nitrogens with one attached hydrogen (secondary N) is 2. The lowest BCUT2D eigenvalue weighted by Gasteiger charge is -2.00. The van der Waals surface area contributed by atoms with Gasteiger partial charge in [0.1, 0.15) is 5.76 Å². The molecule has 0 atom stereocenters. The van der Waals surface area contributed by atoms with Gasteiger partial charge in [0.05, 0.1) is 22.9 Å². The maximum absolute atomic E-state index is 12.6. The number of thiophene rings is 1. The van der Waals surface area contributed by atoms with Gasteiger partial charge in [0.25, 0.3) is 5.91 Å². The van der Waals surface area contributed by atoms with Gasteiger partial charge in [0.2, 0.25) is 5.91 Å². The minimum absolute atomic E-state index is 0.0638. The van der Waals surface area contributed by atoms with Gasteiger partial charge in [-0.3, -0.25) is 14.9 Å². The summed E-state index contributed by atoms with van der Waals surface area (Å²) in [7, 11) is 1.93. The number of rotatable bonds is 8. The zero-order chi connectivity index (χ0) is 22.7. The van der Waals surface area contributed by atoms with E-state index in [0.29, 0.717) is 23.2 Å². The first-order chi connectivity index (χ1) is 15.4. The Labute approximate surface area is 197 Å². The monoisotopic (exact) mass is 487 g/mol. The fourth-order valence-corrected chi connectivity index (χ4v) is 5.56. The summed E-state index contributed by atoms with van der Waals surface area (Å²) in [5, 5.41) is 7.01. The summed E-state index contributed by atoms with van der Waals surface area (Å²) in [4.78, 5) is 35.6. The summed E-state index contributed by atoms with van der Waals surface area (Å²) in [6.45, 7) is 3.96. The van der Waals surface area contributed by atoms with Gasteiger partial charge in [-0.2, -0.15) is 0 Å². The van der Waals surface area contributed by atoms with E-state index in [2.05, 4.69) is 20.6 Å². The number of carbonyl (C=O) groups excluding carboxylic acids is 2. The second-order valence-corrected chi connectivity index (χ2v) is 10.2. The molecule has 0 fully saturated rings. The number of aryl methyl sites for hydroxylation is 2. The van der Waals surface area contributed by atoms with E-state index in [1.54, 1.807) is 29.7 Å².